The summed E-state index contributed by atoms with van der Waals surface area (Å²) in [5.74, 6) is 2.01. The van der Waals surface area contributed by atoms with Gasteiger partial charge in [0, 0.05) is 12.5 Å². The number of aryl methyl sites for hydroxylation is 2. The molecular weight excluding hydrogens is 480 g/mol. The van der Waals surface area contributed by atoms with Crippen molar-refractivity contribution in [1.82, 2.24) is 25.0 Å². The van der Waals surface area contributed by atoms with E-state index in [1.165, 1.54) is 42.4 Å². The van der Waals surface area contributed by atoms with E-state index in [1.807, 2.05) is 37.5 Å². The number of carbonyl (C=O) groups is 1. The summed E-state index contributed by atoms with van der Waals surface area (Å²) in [6.07, 6.45) is 7.57. The van der Waals surface area contributed by atoms with Gasteiger partial charge in [-0.25, -0.2) is 0 Å². The highest BCUT2D eigenvalue weighted by Gasteiger charge is 2.22. The molecule has 2 aromatic heterocycles. The van der Waals surface area contributed by atoms with Gasteiger partial charge in [-0.15, -0.1) is 27.0 Å². The van der Waals surface area contributed by atoms with Crippen molar-refractivity contribution in [1.29, 1.82) is 0 Å². The van der Waals surface area contributed by atoms with Crippen LogP contribution >= 0.6 is 23.1 Å². The summed E-state index contributed by atoms with van der Waals surface area (Å²) in [5, 5.41) is 22.3. The molecule has 1 N–H and O–H groups in total. The van der Waals surface area contributed by atoms with Gasteiger partial charge < -0.3 is 4.74 Å². The fraction of sp³-hybridized carbons (Fsp3) is 0.480. The lowest BCUT2D eigenvalue weighted by Gasteiger charge is -2.18. The average Bonchev–Trinajstić information content (AvgIpc) is 3.45. The Hall–Kier alpha value is -2.72. The van der Waals surface area contributed by atoms with E-state index in [0.717, 1.165) is 34.7 Å². The molecule has 1 atom stereocenters. The highest BCUT2D eigenvalue weighted by atomic mass is 32.2. The molecule has 0 saturated heterocycles. The molecule has 1 aromatic carbocycles. The zero-order valence-electron chi connectivity index (χ0n) is 20.5. The van der Waals surface area contributed by atoms with Crippen molar-refractivity contribution in [3.8, 4) is 5.75 Å². The van der Waals surface area contributed by atoms with Gasteiger partial charge in [-0.3, -0.25) is 14.7 Å². The standard InChI is InChI=1S/C25H32N6O2S2/c1-5-11-31-22(18(4)33-20-13-16(2)12-17(3)14-20)27-30-25(31)34-15-21(32)26-24-29-28-23(35-24)19-9-7-6-8-10-19/h5,12-14,18-19H,1,6-11,15H2,2-4H3,(H,26,29,32). The van der Waals surface area contributed by atoms with Crippen molar-refractivity contribution < 1.29 is 9.53 Å². The van der Waals surface area contributed by atoms with Crippen LogP contribution in [0.5, 0.6) is 5.75 Å². The number of hydrogen-bond acceptors (Lipinski definition) is 8. The first-order valence-electron chi connectivity index (χ1n) is 12.0. The fourth-order valence-electron chi connectivity index (χ4n) is 4.35. The van der Waals surface area contributed by atoms with Crippen LogP contribution in [-0.2, 0) is 11.3 Å². The van der Waals surface area contributed by atoms with E-state index in [9.17, 15) is 4.79 Å². The lowest BCUT2D eigenvalue weighted by molar-refractivity contribution is -0.113. The van der Waals surface area contributed by atoms with E-state index in [2.05, 4.69) is 38.4 Å². The number of carbonyl (C=O) groups excluding carboxylic acids is 1. The maximum atomic E-state index is 12.6. The minimum absolute atomic E-state index is 0.143. The number of allylic oxidation sites excluding steroid dienone is 1. The minimum atomic E-state index is -0.313. The van der Waals surface area contributed by atoms with Gasteiger partial charge in [0.15, 0.2) is 17.1 Å². The number of rotatable bonds is 10. The normalized spacial score (nSPS) is 15.1. The molecule has 1 unspecified atom stereocenters. The van der Waals surface area contributed by atoms with E-state index in [1.54, 1.807) is 6.08 Å². The molecule has 8 nitrogen and oxygen atoms in total. The second-order valence-corrected chi connectivity index (χ2v) is 10.9. The largest absolute Gasteiger partial charge is 0.483 e. The van der Waals surface area contributed by atoms with Gasteiger partial charge in [-0.05, 0) is 56.9 Å². The maximum absolute atomic E-state index is 12.6. The number of nitrogens with zero attached hydrogens (tertiary/aromatic N) is 5. The van der Waals surface area contributed by atoms with Gasteiger partial charge in [-0.2, -0.15) is 0 Å². The summed E-state index contributed by atoms with van der Waals surface area (Å²) in [4.78, 5) is 12.6. The number of hydrogen-bond donors (Lipinski definition) is 1. The zero-order valence-corrected chi connectivity index (χ0v) is 22.1. The Balaban J connectivity index is 1.37. The molecule has 1 fully saturated rings. The molecule has 3 aromatic rings. The first-order chi connectivity index (χ1) is 16.9. The molecule has 0 bridgehead atoms. The van der Waals surface area contributed by atoms with Crippen LogP contribution < -0.4 is 10.1 Å². The van der Waals surface area contributed by atoms with Crippen molar-refractivity contribution in [2.24, 2.45) is 0 Å². The van der Waals surface area contributed by atoms with Crippen LogP contribution in [0.2, 0.25) is 0 Å². The molecule has 1 amide bonds. The number of amides is 1. The van der Waals surface area contributed by atoms with Gasteiger partial charge in [0.1, 0.15) is 10.8 Å². The van der Waals surface area contributed by atoms with Crippen molar-refractivity contribution in [3.63, 3.8) is 0 Å². The first kappa shape index (κ1) is 25.4. The molecule has 1 aliphatic carbocycles. The fourth-order valence-corrected chi connectivity index (χ4v) is 6.03. The summed E-state index contributed by atoms with van der Waals surface area (Å²) < 4.78 is 8.09. The highest BCUT2D eigenvalue weighted by Crippen LogP contribution is 2.35. The maximum Gasteiger partial charge on any atom is 0.236 e. The summed E-state index contributed by atoms with van der Waals surface area (Å²) in [6, 6.07) is 6.12. The zero-order chi connectivity index (χ0) is 24.8. The van der Waals surface area contributed by atoms with Gasteiger partial charge in [0.25, 0.3) is 0 Å². The molecule has 0 aliphatic heterocycles. The number of anilines is 1. The summed E-state index contributed by atoms with van der Waals surface area (Å²) in [7, 11) is 0. The van der Waals surface area contributed by atoms with Crippen LogP contribution in [0, 0.1) is 13.8 Å². The Morgan fingerprint density at radius 1 is 1.20 bits per heavy atom. The Bertz CT molecular complexity index is 1150. The van der Waals surface area contributed by atoms with Crippen LogP contribution in [0.25, 0.3) is 0 Å². The third-order valence-corrected chi connectivity index (χ3v) is 7.87. The van der Waals surface area contributed by atoms with E-state index in [-0.39, 0.29) is 17.8 Å². The predicted octanol–water partition coefficient (Wildman–Crippen LogP) is 5.85. The van der Waals surface area contributed by atoms with Gasteiger partial charge >= 0.3 is 0 Å². The van der Waals surface area contributed by atoms with Crippen molar-refractivity contribution in [3.05, 3.63) is 52.8 Å². The van der Waals surface area contributed by atoms with Crippen molar-refractivity contribution in [2.75, 3.05) is 11.1 Å². The first-order valence-corrected chi connectivity index (χ1v) is 13.8. The average molecular weight is 513 g/mol. The molecule has 0 spiro atoms. The molecule has 10 heteroatoms. The Kier molecular flexibility index (Phi) is 8.56. The van der Waals surface area contributed by atoms with Crippen LogP contribution in [0.1, 0.15) is 73.0 Å². The van der Waals surface area contributed by atoms with Gasteiger partial charge in [0.2, 0.25) is 11.0 Å². The second kappa shape index (κ2) is 11.8. The van der Waals surface area contributed by atoms with Gasteiger partial charge in [-0.1, -0.05) is 54.5 Å². The van der Waals surface area contributed by atoms with Crippen LogP contribution in [0.15, 0.2) is 36.0 Å². The molecule has 186 valence electrons. The van der Waals surface area contributed by atoms with Crippen LogP contribution in [-0.4, -0.2) is 36.6 Å². The number of benzene rings is 1. The quantitative estimate of drug-likeness (QED) is 0.269. The lowest BCUT2D eigenvalue weighted by Crippen LogP contribution is -2.15. The van der Waals surface area contributed by atoms with Crippen LogP contribution in [0.3, 0.4) is 0 Å². The number of thioether (sulfide) groups is 1. The number of aromatic nitrogens is 5. The Morgan fingerprint density at radius 2 is 1.94 bits per heavy atom. The SMILES string of the molecule is C=CCn1c(SCC(=O)Nc2nnc(C3CCCCC3)s2)nnc1C(C)Oc1cc(C)cc(C)c1. The van der Waals surface area contributed by atoms with E-state index < -0.39 is 0 Å². The molecular formula is C25H32N6O2S2. The summed E-state index contributed by atoms with van der Waals surface area (Å²) >= 11 is 2.81. The Labute approximate surface area is 214 Å². The van der Waals surface area contributed by atoms with E-state index in [0.29, 0.717) is 28.6 Å². The molecule has 0 radical (unpaired) electrons. The third kappa shape index (κ3) is 6.70. The smallest absolute Gasteiger partial charge is 0.236 e. The topological polar surface area (TPSA) is 94.8 Å². The molecule has 4 rings (SSSR count). The predicted molar refractivity (Wildman–Crippen MR) is 140 cm³/mol. The summed E-state index contributed by atoms with van der Waals surface area (Å²) in [5.41, 5.74) is 2.28. The van der Waals surface area contributed by atoms with Crippen LogP contribution in [0.4, 0.5) is 5.13 Å². The summed E-state index contributed by atoms with van der Waals surface area (Å²) in [6.45, 7) is 10.4. The molecule has 1 aliphatic rings. The highest BCUT2D eigenvalue weighted by molar-refractivity contribution is 7.99. The monoisotopic (exact) mass is 512 g/mol. The van der Waals surface area contributed by atoms with Crippen molar-refractivity contribution in [2.45, 2.75) is 76.6 Å². The second-order valence-electron chi connectivity index (χ2n) is 8.94. The van der Waals surface area contributed by atoms with Gasteiger partial charge in [0.05, 0.1) is 5.75 Å². The number of ether oxygens (including phenoxy) is 1. The third-order valence-electron chi connectivity index (χ3n) is 5.90. The minimum Gasteiger partial charge on any atom is -0.483 e. The number of nitrogens with one attached hydrogen (secondary N) is 1. The van der Waals surface area contributed by atoms with Crippen molar-refractivity contribution >= 4 is 34.1 Å². The molecule has 2 heterocycles. The Morgan fingerprint density at radius 3 is 2.66 bits per heavy atom. The molecule has 1 saturated carbocycles. The van der Waals surface area contributed by atoms with E-state index in [4.69, 9.17) is 4.74 Å². The lowest BCUT2D eigenvalue weighted by atomic mass is 9.90. The van der Waals surface area contributed by atoms with E-state index >= 15 is 0 Å². The molecule has 35 heavy (non-hydrogen) atoms.